The maximum absolute atomic E-state index is 11.0. The number of allylic oxidation sites excluding steroid dienone is 2. The largest absolute Gasteiger partial charge is 0.464 e. The van der Waals surface area contributed by atoms with Gasteiger partial charge in [0.2, 0.25) is 0 Å². The summed E-state index contributed by atoms with van der Waals surface area (Å²) >= 11 is 0. The summed E-state index contributed by atoms with van der Waals surface area (Å²) in [6.07, 6.45) is 5.06. The number of nitrogens with zero attached hydrogens (tertiary/aromatic N) is 2. The third kappa shape index (κ3) is 8.76. The average molecular weight is 296 g/mol. The number of rotatable bonds is 4. The predicted molar refractivity (Wildman–Crippen MR) is 79.5 cm³/mol. The number of hydrogen-bond donors (Lipinski definition) is 1. The second kappa shape index (κ2) is 9.08. The zero-order valence-corrected chi connectivity index (χ0v) is 13.2. The summed E-state index contributed by atoms with van der Waals surface area (Å²) < 4.78 is 0. The second-order valence-electron chi connectivity index (χ2n) is 5.93. The van der Waals surface area contributed by atoms with Gasteiger partial charge < -0.3 is 5.11 Å². The third-order valence-electron chi connectivity index (χ3n) is 2.92. The Morgan fingerprint density at radius 3 is 2.48 bits per heavy atom. The third-order valence-corrected chi connectivity index (χ3v) is 2.92. The van der Waals surface area contributed by atoms with Crippen molar-refractivity contribution in [2.75, 3.05) is 6.54 Å². The first-order chi connectivity index (χ1) is 9.71. The summed E-state index contributed by atoms with van der Waals surface area (Å²) in [5.74, 6) is 0.286. The van der Waals surface area contributed by atoms with E-state index in [4.69, 9.17) is 5.11 Å². The lowest BCUT2D eigenvalue weighted by Gasteiger charge is -2.27. The molecule has 118 valence electrons. The fourth-order valence-corrected chi connectivity index (χ4v) is 2.21. The summed E-state index contributed by atoms with van der Waals surface area (Å²) in [4.78, 5) is 30.9. The summed E-state index contributed by atoms with van der Waals surface area (Å²) in [7, 11) is 0. The van der Waals surface area contributed by atoms with Crippen LogP contribution in [0.5, 0.6) is 0 Å². The minimum absolute atomic E-state index is 0.204. The number of unbranched alkanes of at least 4 members (excludes halogenated alkanes) is 1. The molecule has 1 N–H and O–H groups in total. The lowest BCUT2D eigenvalue weighted by molar-refractivity contribution is -0.117. The molecule has 1 rings (SSSR count). The SMILES string of the molecule is CC1=CC(=O)CC(C)(C)C1.CCCCN(N=C=O)C(=O)O. The molecule has 0 spiro atoms. The van der Waals surface area contributed by atoms with Gasteiger partial charge in [0.25, 0.3) is 6.08 Å². The molecule has 0 saturated heterocycles. The number of amides is 1. The highest BCUT2D eigenvalue weighted by Gasteiger charge is 2.25. The number of hydrogen-bond acceptors (Lipinski definition) is 4. The molecule has 0 aromatic rings. The van der Waals surface area contributed by atoms with E-state index in [1.54, 1.807) is 6.08 Å². The van der Waals surface area contributed by atoms with Gasteiger partial charge in [-0.2, -0.15) is 5.01 Å². The lowest BCUT2D eigenvalue weighted by atomic mass is 9.77. The molecule has 1 amide bonds. The maximum Gasteiger partial charge on any atom is 0.428 e. The van der Waals surface area contributed by atoms with Crippen LogP contribution < -0.4 is 0 Å². The van der Waals surface area contributed by atoms with E-state index in [1.807, 2.05) is 13.8 Å². The van der Waals surface area contributed by atoms with Crippen LogP contribution in [-0.4, -0.2) is 34.6 Å². The molecule has 21 heavy (non-hydrogen) atoms. The highest BCUT2D eigenvalue weighted by Crippen LogP contribution is 2.32. The van der Waals surface area contributed by atoms with E-state index in [1.165, 1.54) is 11.7 Å². The number of hydrazone groups is 1. The van der Waals surface area contributed by atoms with E-state index in [-0.39, 0.29) is 17.7 Å². The molecule has 6 heteroatoms. The molecule has 1 aliphatic carbocycles. The van der Waals surface area contributed by atoms with E-state index in [0.717, 1.165) is 12.8 Å². The maximum atomic E-state index is 11.0. The highest BCUT2D eigenvalue weighted by atomic mass is 16.4. The van der Waals surface area contributed by atoms with Gasteiger partial charge in [0, 0.05) is 13.0 Å². The zero-order chi connectivity index (χ0) is 16.5. The van der Waals surface area contributed by atoms with Gasteiger partial charge in [-0.15, -0.1) is 0 Å². The molecule has 0 fully saturated rings. The van der Waals surface area contributed by atoms with Gasteiger partial charge in [0.05, 0.1) is 0 Å². The van der Waals surface area contributed by atoms with Crippen molar-refractivity contribution in [3.63, 3.8) is 0 Å². The van der Waals surface area contributed by atoms with Crippen LogP contribution in [0.15, 0.2) is 16.8 Å². The van der Waals surface area contributed by atoms with Gasteiger partial charge in [-0.3, -0.25) is 4.79 Å². The first-order valence-corrected chi connectivity index (χ1v) is 7.00. The van der Waals surface area contributed by atoms with E-state index < -0.39 is 6.09 Å². The van der Waals surface area contributed by atoms with Crippen LogP contribution in [-0.2, 0) is 9.59 Å². The number of carboxylic acid groups (broad SMARTS) is 1. The molecule has 0 bridgehead atoms. The molecular formula is C15H24N2O4. The number of carbonyl (C=O) groups is 2. The average Bonchev–Trinajstić information content (AvgIpc) is 2.31. The standard InChI is InChI=1S/C9H14O.C6H10N2O3/c1-7-4-8(10)6-9(2,3)5-7;1-2-3-4-8(6(10)11)7-5-9/h4H,5-6H2,1-3H3;2-4H2,1H3,(H,10,11). The molecule has 0 aromatic heterocycles. The molecular weight excluding hydrogens is 272 g/mol. The Hall–Kier alpha value is -1.94. The Kier molecular flexibility index (Phi) is 8.24. The summed E-state index contributed by atoms with van der Waals surface area (Å²) in [6, 6.07) is 0. The molecule has 0 unspecified atom stereocenters. The quantitative estimate of drug-likeness (QED) is 0.489. The first kappa shape index (κ1) is 19.1. The van der Waals surface area contributed by atoms with Crippen molar-refractivity contribution in [2.45, 2.75) is 53.4 Å². The van der Waals surface area contributed by atoms with Crippen molar-refractivity contribution in [2.24, 2.45) is 10.5 Å². The molecule has 1 aliphatic rings. The molecule has 0 atom stereocenters. The van der Waals surface area contributed by atoms with Gasteiger partial charge in [-0.05, 0) is 31.3 Å². The number of ketones is 1. The van der Waals surface area contributed by atoms with Crippen molar-refractivity contribution in [1.29, 1.82) is 0 Å². The second-order valence-corrected chi connectivity index (χ2v) is 5.93. The van der Waals surface area contributed by atoms with Crippen LogP contribution in [0.2, 0.25) is 0 Å². The Morgan fingerprint density at radius 1 is 1.48 bits per heavy atom. The van der Waals surface area contributed by atoms with Crippen molar-refractivity contribution >= 4 is 18.0 Å². The van der Waals surface area contributed by atoms with Crippen LogP contribution in [0, 0.1) is 5.41 Å². The van der Waals surface area contributed by atoms with E-state index >= 15 is 0 Å². The molecule has 0 aromatic carbocycles. The normalized spacial score (nSPS) is 16.0. The van der Waals surface area contributed by atoms with Crippen LogP contribution in [0.3, 0.4) is 0 Å². The zero-order valence-electron chi connectivity index (χ0n) is 13.2. The van der Waals surface area contributed by atoms with Crippen LogP contribution in [0.25, 0.3) is 0 Å². The van der Waals surface area contributed by atoms with Gasteiger partial charge in [-0.25, -0.2) is 9.59 Å². The Balaban J connectivity index is 0.000000382. The van der Waals surface area contributed by atoms with E-state index in [2.05, 4.69) is 18.9 Å². The molecule has 0 aliphatic heterocycles. The number of isocyanates is 1. The summed E-state index contributed by atoms with van der Waals surface area (Å²) in [6.45, 7) is 8.48. The van der Waals surface area contributed by atoms with Crippen molar-refractivity contribution in [3.8, 4) is 0 Å². The van der Waals surface area contributed by atoms with Crippen LogP contribution >= 0.6 is 0 Å². The van der Waals surface area contributed by atoms with E-state index in [9.17, 15) is 14.4 Å². The fourth-order valence-electron chi connectivity index (χ4n) is 2.21. The summed E-state index contributed by atoms with van der Waals surface area (Å²) in [5.41, 5.74) is 1.43. The van der Waals surface area contributed by atoms with E-state index in [0.29, 0.717) is 17.9 Å². The van der Waals surface area contributed by atoms with Gasteiger partial charge in [0.15, 0.2) is 5.78 Å². The Bertz CT molecular complexity index is 447. The van der Waals surface area contributed by atoms with Crippen LogP contribution in [0.1, 0.15) is 53.4 Å². The van der Waals surface area contributed by atoms with Gasteiger partial charge in [-0.1, -0.05) is 37.9 Å². The van der Waals surface area contributed by atoms with Gasteiger partial charge in [0.1, 0.15) is 0 Å². The Morgan fingerprint density at radius 2 is 2.10 bits per heavy atom. The summed E-state index contributed by atoms with van der Waals surface area (Å²) in [5, 5.41) is 12.1. The van der Waals surface area contributed by atoms with Crippen molar-refractivity contribution in [3.05, 3.63) is 11.6 Å². The van der Waals surface area contributed by atoms with Gasteiger partial charge >= 0.3 is 6.09 Å². The topological polar surface area (TPSA) is 87.0 Å². The van der Waals surface area contributed by atoms with Crippen molar-refractivity contribution in [1.82, 2.24) is 5.01 Å². The smallest absolute Gasteiger partial charge is 0.428 e. The predicted octanol–water partition coefficient (Wildman–Crippen LogP) is 3.34. The Labute approximate surface area is 125 Å². The monoisotopic (exact) mass is 296 g/mol. The van der Waals surface area contributed by atoms with Crippen LogP contribution in [0.4, 0.5) is 4.79 Å². The minimum atomic E-state index is -1.22. The lowest BCUT2D eigenvalue weighted by Crippen LogP contribution is -2.24. The molecule has 0 saturated carbocycles. The highest BCUT2D eigenvalue weighted by molar-refractivity contribution is 5.91. The minimum Gasteiger partial charge on any atom is -0.464 e. The molecule has 0 radical (unpaired) electrons. The molecule has 6 nitrogen and oxygen atoms in total. The first-order valence-electron chi connectivity index (χ1n) is 7.00. The molecule has 0 heterocycles. The fraction of sp³-hybridized carbons (Fsp3) is 0.667. The number of carbonyl (C=O) groups excluding carboxylic acids is 2. The van der Waals surface area contributed by atoms with Crippen molar-refractivity contribution < 1.29 is 19.5 Å².